The smallest absolute Gasteiger partial charge is 0.250 e. The number of fused-ring (bicyclic) bond motifs is 3. The van der Waals surface area contributed by atoms with Crippen LogP contribution in [0.3, 0.4) is 0 Å². The fourth-order valence-corrected chi connectivity index (χ4v) is 5.93. The largest absolute Gasteiger partial charge is 0.334 e. The van der Waals surface area contributed by atoms with Crippen LogP contribution in [0.2, 0.25) is 0 Å². The van der Waals surface area contributed by atoms with E-state index in [-0.39, 0.29) is 0 Å². The van der Waals surface area contributed by atoms with Crippen LogP contribution in [0.4, 0.5) is 0 Å². The van der Waals surface area contributed by atoms with Gasteiger partial charge in [0, 0.05) is 30.6 Å². The van der Waals surface area contributed by atoms with Crippen molar-refractivity contribution in [3.63, 3.8) is 0 Å². The summed E-state index contributed by atoms with van der Waals surface area (Å²) in [5.41, 5.74) is 1.14. The lowest BCUT2D eigenvalue weighted by atomic mass is 9.64. The van der Waals surface area contributed by atoms with Crippen molar-refractivity contribution in [3.05, 3.63) is 23.8 Å². The molecule has 6 aliphatic rings. The molecule has 1 saturated carbocycles. The molecule has 0 N–H and O–H groups in total. The van der Waals surface area contributed by atoms with Gasteiger partial charge in [-0.3, -0.25) is 4.79 Å². The second-order valence-corrected chi connectivity index (χ2v) is 8.05. The third kappa shape index (κ3) is 1.87. The van der Waals surface area contributed by atoms with Crippen LogP contribution in [0.15, 0.2) is 23.8 Å². The first-order valence-electron chi connectivity index (χ1n) is 9.23. The quantitative estimate of drug-likeness (QED) is 0.742. The Labute approximate surface area is 133 Å². The molecule has 0 spiro atoms. The minimum Gasteiger partial charge on any atom is -0.334 e. The minimum atomic E-state index is 0.372. The number of nitrogens with zero attached hydrogens (tertiary/aromatic N) is 2. The average Bonchev–Trinajstić information content (AvgIpc) is 2.59. The molecule has 0 aromatic carbocycles. The lowest BCUT2D eigenvalue weighted by molar-refractivity contribution is -0.140. The summed E-state index contributed by atoms with van der Waals surface area (Å²) < 4.78 is 0. The molecule has 4 heterocycles. The SMILES string of the molecule is O=C1C2=CC=CC3CCC[C@H](CN1[C@@H]1CN4CCC1CC4)C23. The minimum absolute atomic E-state index is 0.372. The molecule has 5 fully saturated rings. The second kappa shape index (κ2) is 4.95. The Morgan fingerprint density at radius 1 is 1.00 bits per heavy atom. The van der Waals surface area contributed by atoms with Crippen molar-refractivity contribution in [3.8, 4) is 0 Å². The highest BCUT2D eigenvalue weighted by Crippen LogP contribution is 2.47. The van der Waals surface area contributed by atoms with Crippen LogP contribution >= 0.6 is 0 Å². The van der Waals surface area contributed by atoms with Crippen LogP contribution in [0.25, 0.3) is 0 Å². The fraction of sp³-hybridized carbons (Fsp3) is 0.737. The van der Waals surface area contributed by atoms with E-state index in [1.54, 1.807) is 0 Å². The molecular weight excluding hydrogens is 272 g/mol. The number of rotatable bonds is 1. The lowest BCUT2D eigenvalue weighted by Gasteiger charge is -2.54. The Balaban J connectivity index is 1.46. The summed E-state index contributed by atoms with van der Waals surface area (Å²) in [4.78, 5) is 18.0. The van der Waals surface area contributed by atoms with Crippen LogP contribution < -0.4 is 0 Å². The van der Waals surface area contributed by atoms with Crippen LogP contribution in [0, 0.1) is 23.7 Å². The van der Waals surface area contributed by atoms with E-state index >= 15 is 0 Å². The van der Waals surface area contributed by atoms with Gasteiger partial charge in [0.2, 0.25) is 5.91 Å². The van der Waals surface area contributed by atoms with Crippen molar-refractivity contribution in [2.45, 2.75) is 38.1 Å². The summed E-state index contributed by atoms with van der Waals surface area (Å²) in [6.45, 7) is 4.66. The number of hydrogen-bond donors (Lipinski definition) is 0. The summed E-state index contributed by atoms with van der Waals surface area (Å²) in [6, 6.07) is 0.489. The molecule has 3 nitrogen and oxygen atoms in total. The average molecular weight is 298 g/mol. The standard InChI is InChI=1S/C19H26N2O/c22-19-16-6-2-4-14-3-1-5-15(18(14)16)11-21(19)17-12-20-9-7-13(17)8-10-20/h2,4,6,13-15,17-18H,1,3,5,7-12H2/t14?,15-,17-,18?/m1/s1. The topological polar surface area (TPSA) is 23.6 Å². The van der Waals surface area contributed by atoms with Crippen LogP contribution in [0.1, 0.15) is 32.1 Å². The maximum Gasteiger partial charge on any atom is 0.250 e. The predicted molar refractivity (Wildman–Crippen MR) is 86.2 cm³/mol. The van der Waals surface area contributed by atoms with E-state index in [1.165, 1.54) is 45.2 Å². The highest BCUT2D eigenvalue weighted by atomic mass is 16.2. The maximum atomic E-state index is 13.2. The van der Waals surface area contributed by atoms with Crippen molar-refractivity contribution >= 4 is 5.91 Å². The number of allylic oxidation sites excluding steroid dienone is 3. The van der Waals surface area contributed by atoms with E-state index in [0.29, 0.717) is 29.7 Å². The predicted octanol–water partition coefficient (Wildman–Crippen LogP) is 2.45. The summed E-state index contributed by atoms with van der Waals surface area (Å²) in [6.07, 6.45) is 13.2. The van der Waals surface area contributed by atoms with Gasteiger partial charge in [-0.25, -0.2) is 0 Å². The van der Waals surface area contributed by atoms with E-state index in [2.05, 4.69) is 28.0 Å². The van der Waals surface area contributed by atoms with Crippen molar-refractivity contribution < 1.29 is 4.79 Å². The highest BCUT2D eigenvalue weighted by Gasteiger charge is 2.48. The van der Waals surface area contributed by atoms with Crippen LogP contribution in [0.5, 0.6) is 0 Å². The molecule has 6 rings (SSSR count). The molecule has 2 unspecified atom stereocenters. The molecule has 1 amide bonds. The molecule has 2 bridgehead atoms. The van der Waals surface area contributed by atoms with Crippen LogP contribution in [-0.2, 0) is 4.79 Å². The van der Waals surface area contributed by atoms with E-state index in [9.17, 15) is 4.79 Å². The second-order valence-electron chi connectivity index (χ2n) is 8.05. The number of likely N-dealkylation sites (tertiary alicyclic amines) is 1. The van der Waals surface area contributed by atoms with Gasteiger partial charge in [0.15, 0.2) is 0 Å². The monoisotopic (exact) mass is 298 g/mol. The van der Waals surface area contributed by atoms with Gasteiger partial charge in [-0.05, 0) is 56.5 Å². The summed E-state index contributed by atoms with van der Waals surface area (Å²) in [7, 11) is 0. The first kappa shape index (κ1) is 13.4. The third-order valence-electron chi connectivity index (χ3n) is 7.04. The van der Waals surface area contributed by atoms with Crippen molar-refractivity contribution in [1.82, 2.24) is 9.80 Å². The molecule has 3 heteroatoms. The Kier molecular flexibility index (Phi) is 3.01. The molecule has 22 heavy (non-hydrogen) atoms. The maximum absolute atomic E-state index is 13.2. The zero-order chi connectivity index (χ0) is 14.7. The molecule has 4 saturated heterocycles. The Hall–Kier alpha value is -1.09. The number of hydrogen-bond acceptors (Lipinski definition) is 2. The number of amides is 1. The van der Waals surface area contributed by atoms with Gasteiger partial charge in [0.1, 0.15) is 0 Å². The fourth-order valence-electron chi connectivity index (χ4n) is 5.93. The van der Waals surface area contributed by atoms with Crippen molar-refractivity contribution in [2.75, 3.05) is 26.2 Å². The number of carbonyl (C=O) groups excluding carboxylic acids is 1. The van der Waals surface area contributed by atoms with Gasteiger partial charge in [-0.1, -0.05) is 24.6 Å². The highest BCUT2D eigenvalue weighted by molar-refractivity contribution is 5.96. The molecule has 118 valence electrons. The van der Waals surface area contributed by atoms with Gasteiger partial charge in [-0.15, -0.1) is 0 Å². The van der Waals surface area contributed by atoms with Gasteiger partial charge >= 0.3 is 0 Å². The summed E-state index contributed by atoms with van der Waals surface area (Å²) in [5.74, 6) is 3.00. The van der Waals surface area contributed by atoms with Crippen LogP contribution in [-0.4, -0.2) is 47.9 Å². The Morgan fingerprint density at radius 2 is 1.86 bits per heavy atom. The van der Waals surface area contributed by atoms with E-state index in [0.717, 1.165) is 24.6 Å². The van der Waals surface area contributed by atoms with Gasteiger partial charge in [0.25, 0.3) is 0 Å². The van der Waals surface area contributed by atoms with Crippen molar-refractivity contribution in [1.29, 1.82) is 0 Å². The Bertz CT molecular complexity index is 544. The van der Waals surface area contributed by atoms with E-state index < -0.39 is 0 Å². The molecule has 2 aliphatic carbocycles. The molecule has 0 aromatic heterocycles. The molecular formula is C19H26N2O. The lowest BCUT2D eigenvalue weighted by Crippen LogP contribution is -2.62. The molecule has 4 aliphatic heterocycles. The van der Waals surface area contributed by atoms with E-state index in [1.807, 2.05) is 0 Å². The first-order chi connectivity index (χ1) is 10.8. The normalized spacial score (nSPS) is 46.5. The number of carbonyl (C=O) groups is 1. The van der Waals surface area contributed by atoms with Gasteiger partial charge in [0.05, 0.1) is 0 Å². The Morgan fingerprint density at radius 3 is 2.64 bits per heavy atom. The first-order valence-corrected chi connectivity index (χ1v) is 9.23. The molecule has 0 aromatic rings. The third-order valence-corrected chi connectivity index (χ3v) is 7.04. The molecule has 0 radical (unpaired) electrons. The zero-order valence-electron chi connectivity index (χ0n) is 13.3. The number of piperidine rings is 4. The van der Waals surface area contributed by atoms with E-state index in [4.69, 9.17) is 0 Å². The molecule has 4 atom stereocenters. The van der Waals surface area contributed by atoms with Gasteiger partial charge in [-0.2, -0.15) is 0 Å². The summed E-state index contributed by atoms with van der Waals surface area (Å²) in [5, 5.41) is 0. The zero-order valence-corrected chi connectivity index (χ0v) is 13.3. The van der Waals surface area contributed by atoms with Gasteiger partial charge < -0.3 is 9.80 Å². The summed E-state index contributed by atoms with van der Waals surface area (Å²) >= 11 is 0. The van der Waals surface area contributed by atoms with Crippen molar-refractivity contribution in [2.24, 2.45) is 23.7 Å².